The largest absolute Gasteiger partial charge is 0.490 e. The van der Waals surface area contributed by atoms with Crippen molar-refractivity contribution in [3.05, 3.63) is 53.1 Å². The monoisotopic (exact) mass is 413 g/mol. The van der Waals surface area contributed by atoms with Crippen LogP contribution in [0.3, 0.4) is 0 Å². The smallest absolute Gasteiger partial charge is 0.255 e. The van der Waals surface area contributed by atoms with Crippen LogP contribution in [-0.4, -0.2) is 50.1 Å². The van der Waals surface area contributed by atoms with E-state index in [-0.39, 0.29) is 5.91 Å². The Morgan fingerprint density at radius 2 is 1.72 bits per heavy atom. The molecular formula is C23H28ClN3O2. The Morgan fingerprint density at radius 1 is 1.03 bits per heavy atom. The van der Waals surface area contributed by atoms with Crippen molar-refractivity contribution in [2.45, 2.75) is 31.8 Å². The third-order valence-corrected chi connectivity index (χ3v) is 6.01. The van der Waals surface area contributed by atoms with E-state index < -0.39 is 0 Å². The fourth-order valence-electron chi connectivity index (χ4n) is 4.01. The molecule has 2 aromatic rings. The number of halogens is 1. The van der Waals surface area contributed by atoms with E-state index in [0.717, 1.165) is 56.1 Å². The van der Waals surface area contributed by atoms with Gasteiger partial charge in [-0.05, 0) is 75.2 Å². The molecule has 1 heterocycles. The van der Waals surface area contributed by atoms with E-state index >= 15 is 0 Å². The SMILES string of the molecule is CN1CCN(c2ccc(Cl)cc2NC(=O)c2ccc(OC3CCCC3)cc2)CC1. The molecule has 29 heavy (non-hydrogen) atoms. The number of likely N-dealkylation sites (N-methyl/N-ethyl adjacent to an activating group) is 1. The number of amides is 1. The molecule has 0 bridgehead atoms. The zero-order chi connectivity index (χ0) is 20.2. The van der Waals surface area contributed by atoms with E-state index in [1.54, 1.807) is 0 Å². The van der Waals surface area contributed by atoms with E-state index in [9.17, 15) is 4.79 Å². The van der Waals surface area contributed by atoms with Crippen LogP contribution in [0.25, 0.3) is 0 Å². The van der Waals surface area contributed by atoms with E-state index in [1.807, 2.05) is 42.5 Å². The molecule has 1 aliphatic heterocycles. The summed E-state index contributed by atoms with van der Waals surface area (Å²) in [6.07, 6.45) is 5.02. The van der Waals surface area contributed by atoms with Crippen LogP contribution < -0.4 is 15.0 Å². The molecule has 5 nitrogen and oxygen atoms in total. The molecule has 1 amide bonds. The lowest BCUT2D eigenvalue weighted by Crippen LogP contribution is -2.44. The number of piperazine rings is 1. The normalized spacial score (nSPS) is 18.1. The molecule has 1 aliphatic carbocycles. The number of nitrogens with zero attached hydrogens (tertiary/aromatic N) is 2. The summed E-state index contributed by atoms with van der Waals surface area (Å²) in [5, 5.41) is 3.66. The van der Waals surface area contributed by atoms with Gasteiger partial charge in [-0.25, -0.2) is 0 Å². The fourth-order valence-corrected chi connectivity index (χ4v) is 4.18. The van der Waals surface area contributed by atoms with Gasteiger partial charge in [0.05, 0.1) is 17.5 Å². The quantitative estimate of drug-likeness (QED) is 0.773. The Bertz CT molecular complexity index is 842. The number of ether oxygens (including phenoxy) is 1. The second-order valence-corrected chi connectivity index (χ2v) is 8.39. The summed E-state index contributed by atoms with van der Waals surface area (Å²) in [4.78, 5) is 17.4. The lowest BCUT2D eigenvalue weighted by atomic mass is 10.1. The predicted molar refractivity (Wildman–Crippen MR) is 118 cm³/mol. The number of hydrogen-bond donors (Lipinski definition) is 1. The standard InChI is InChI=1S/C23H28ClN3O2/c1-26-12-14-27(15-13-26)22-11-8-18(24)16-21(22)25-23(28)17-6-9-20(10-7-17)29-19-4-2-3-5-19/h6-11,16,19H,2-5,12-15H2,1H3,(H,25,28). The highest BCUT2D eigenvalue weighted by atomic mass is 35.5. The highest BCUT2D eigenvalue weighted by molar-refractivity contribution is 6.31. The zero-order valence-corrected chi connectivity index (χ0v) is 17.6. The lowest BCUT2D eigenvalue weighted by molar-refractivity contribution is 0.102. The van der Waals surface area contributed by atoms with Gasteiger partial charge in [0.25, 0.3) is 5.91 Å². The van der Waals surface area contributed by atoms with E-state index in [2.05, 4.69) is 22.2 Å². The van der Waals surface area contributed by atoms with Crippen molar-refractivity contribution in [2.24, 2.45) is 0 Å². The highest BCUT2D eigenvalue weighted by Gasteiger charge is 2.19. The molecule has 2 fully saturated rings. The van der Waals surface area contributed by atoms with Gasteiger partial charge in [0.2, 0.25) is 0 Å². The molecule has 6 heteroatoms. The minimum Gasteiger partial charge on any atom is -0.490 e. The van der Waals surface area contributed by atoms with Crippen LogP contribution in [0.2, 0.25) is 5.02 Å². The summed E-state index contributed by atoms with van der Waals surface area (Å²) in [6, 6.07) is 13.1. The fraction of sp³-hybridized carbons (Fsp3) is 0.435. The van der Waals surface area contributed by atoms with Crippen molar-refractivity contribution in [1.29, 1.82) is 0 Å². The average Bonchev–Trinajstić information content (AvgIpc) is 3.23. The number of anilines is 2. The number of carbonyl (C=O) groups is 1. The molecule has 154 valence electrons. The van der Waals surface area contributed by atoms with Crippen LogP contribution in [-0.2, 0) is 0 Å². The Labute approximate surface area is 177 Å². The molecular weight excluding hydrogens is 386 g/mol. The molecule has 2 aromatic carbocycles. The van der Waals surface area contributed by atoms with E-state index in [4.69, 9.17) is 16.3 Å². The van der Waals surface area contributed by atoms with Gasteiger partial charge in [0.15, 0.2) is 0 Å². The number of hydrogen-bond acceptors (Lipinski definition) is 4. The molecule has 1 saturated heterocycles. The molecule has 4 rings (SSSR count). The van der Waals surface area contributed by atoms with E-state index in [1.165, 1.54) is 12.8 Å². The molecule has 0 aromatic heterocycles. The van der Waals surface area contributed by atoms with Crippen LogP contribution in [0.5, 0.6) is 5.75 Å². The van der Waals surface area contributed by atoms with Crippen LogP contribution in [0.4, 0.5) is 11.4 Å². The van der Waals surface area contributed by atoms with Gasteiger partial charge < -0.3 is 19.9 Å². The first kappa shape index (κ1) is 20.0. The van der Waals surface area contributed by atoms with Gasteiger partial charge in [-0.1, -0.05) is 11.6 Å². The Kier molecular flexibility index (Phi) is 6.26. The highest BCUT2D eigenvalue weighted by Crippen LogP contribution is 2.31. The van der Waals surface area contributed by atoms with Crippen molar-refractivity contribution in [2.75, 3.05) is 43.4 Å². The topological polar surface area (TPSA) is 44.8 Å². The maximum atomic E-state index is 12.8. The second-order valence-electron chi connectivity index (χ2n) is 7.95. The average molecular weight is 414 g/mol. The summed E-state index contributed by atoms with van der Waals surface area (Å²) in [6.45, 7) is 3.85. The van der Waals surface area contributed by atoms with E-state index in [0.29, 0.717) is 16.7 Å². The van der Waals surface area contributed by atoms with Gasteiger partial charge >= 0.3 is 0 Å². The summed E-state index contributed by atoms with van der Waals surface area (Å²) in [5.41, 5.74) is 2.36. The predicted octanol–water partition coefficient (Wildman–Crippen LogP) is 4.67. The Morgan fingerprint density at radius 3 is 2.41 bits per heavy atom. The van der Waals surface area contributed by atoms with Crippen molar-refractivity contribution in [1.82, 2.24) is 4.90 Å². The van der Waals surface area contributed by atoms with Crippen LogP contribution in [0, 0.1) is 0 Å². The zero-order valence-electron chi connectivity index (χ0n) is 16.9. The molecule has 0 spiro atoms. The third kappa shape index (κ3) is 5.03. The summed E-state index contributed by atoms with van der Waals surface area (Å²) in [7, 11) is 2.13. The summed E-state index contributed by atoms with van der Waals surface area (Å²) in [5.74, 6) is 0.685. The van der Waals surface area contributed by atoms with Crippen LogP contribution >= 0.6 is 11.6 Å². The maximum absolute atomic E-state index is 12.8. The van der Waals surface area contributed by atoms with Crippen LogP contribution in [0.1, 0.15) is 36.0 Å². The van der Waals surface area contributed by atoms with Gasteiger partial charge in [-0.15, -0.1) is 0 Å². The van der Waals surface area contributed by atoms with Crippen molar-refractivity contribution in [3.8, 4) is 5.75 Å². The number of nitrogens with one attached hydrogen (secondary N) is 1. The van der Waals surface area contributed by atoms with Crippen LogP contribution in [0.15, 0.2) is 42.5 Å². The Hall–Kier alpha value is -2.24. The molecule has 0 atom stereocenters. The number of carbonyl (C=O) groups excluding carboxylic acids is 1. The minimum atomic E-state index is -0.143. The summed E-state index contributed by atoms with van der Waals surface area (Å²) < 4.78 is 5.99. The van der Waals surface area contributed by atoms with Crippen molar-refractivity contribution < 1.29 is 9.53 Å². The second kappa shape index (κ2) is 9.06. The first-order valence-electron chi connectivity index (χ1n) is 10.4. The van der Waals surface area contributed by atoms with Crippen molar-refractivity contribution in [3.63, 3.8) is 0 Å². The lowest BCUT2D eigenvalue weighted by Gasteiger charge is -2.35. The van der Waals surface area contributed by atoms with Gasteiger partial charge in [-0.2, -0.15) is 0 Å². The van der Waals surface area contributed by atoms with Gasteiger partial charge in [0.1, 0.15) is 5.75 Å². The first-order chi connectivity index (χ1) is 14.1. The molecule has 0 radical (unpaired) electrons. The maximum Gasteiger partial charge on any atom is 0.255 e. The number of rotatable bonds is 5. The molecule has 1 N–H and O–H groups in total. The Balaban J connectivity index is 1.45. The molecule has 2 aliphatic rings. The van der Waals surface area contributed by atoms with Crippen molar-refractivity contribution >= 4 is 28.9 Å². The van der Waals surface area contributed by atoms with Gasteiger partial charge in [-0.3, -0.25) is 4.79 Å². The summed E-state index contributed by atoms with van der Waals surface area (Å²) >= 11 is 6.22. The first-order valence-corrected chi connectivity index (χ1v) is 10.8. The molecule has 0 unspecified atom stereocenters. The molecule has 1 saturated carbocycles. The van der Waals surface area contributed by atoms with Gasteiger partial charge in [0, 0.05) is 36.8 Å². The minimum absolute atomic E-state index is 0.143. The number of benzene rings is 2. The third-order valence-electron chi connectivity index (χ3n) is 5.77.